The second kappa shape index (κ2) is 10.3. The Bertz CT molecular complexity index is 1670. The van der Waals surface area contributed by atoms with Crippen molar-refractivity contribution in [2.75, 3.05) is 0 Å². The molecular weight excluding hydrogens is 509 g/mol. The molecule has 0 fully saturated rings. The lowest BCUT2D eigenvalue weighted by atomic mass is 9.84. The molecule has 7 heteroatoms. The number of H-pyrrole nitrogens is 2. The van der Waals surface area contributed by atoms with E-state index in [1.54, 1.807) is 0 Å². The van der Waals surface area contributed by atoms with Crippen molar-refractivity contribution < 1.29 is 17.9 Å². The van der Waals surface area contributed by atoms with Crippen LogP contribution in [0.25, 0.3) is 21.8 Å². The average Bonchev–Trinajstić information content (AvgIpc) is 3.53. The zero-order valence-electron chi connectivity index (χ0n) is 20.0. The molecule has 0 amide bonds. The lowest BCUT2D eigenvalue weighted by Gasteiger charge is -2.18. The van der Waals surface area contributed by atoms with Crippen LogP contribution in [0.4, 0.5) is 13.2 Å². The summed E-state index contributed by atoms with van der Waals surface area (Å²) in [6, 6.07) is 29.0. The monoisotopic (exact) mass is 531 g/mol. The van der Waals surface area contributed by atoms with Gasteiger partial charge in [-0.15, -0.1) is 12.4 Å². The maximum absolute atomic E-state index is 13.3. The van der Waals surface area contributed by atoms with E-state index >= 15 is 0 Å². The fourth-order valence-electron chi connectivity index (χ4n) is 4.70. The first-order valence-corrected chi connectivity index (χ1v) is 11.9. The van der Waals surface area contributed by atoms with E-state index in [2.05, 4.69) is 9.97 Å². The van der Waals surface area contributed by atoms with Crippen LogP contribution >= 0.6 is 12.4 Å². The summed E-state index contributed by atoms with van der Waals surface area (Å²) in [5.41, 5.74) is 4.73. The Balaban J connectivity index is 0.00000294. The number of hydrogen-bond acceptors (Lipinski definition) is 1. The van der Waals surface area contributed by atoms with Gasteiger partial charge in [0.25, 0.3) is 0 Å². The maximum atomic E-state index is 13.3. The summed E-state index contributed by atoms with van der Waals surface area (Å²) in [6.07, 6.45) is -0.585. The van der Waals surface area contributed by atoms with Gasteiger partial charge in [0.2, 0.25) is 0 Å². The van der Waals surface area contributed by atoms with E-state index in [0.717, 1.165) is 56.5 Å². The number of rotatable bonds is 6. The van der Waals surface area contributed by atoms with Crippen molar-refractivity contribution in [3.8, 4) is 5.75 Å². The van der Waals surface area contributed by atoms with Gasteiger partial charge >= 0.3 is 6.18 Å². The molecule has 6 rings (SSSR count). The standard InChI is InChI=1S/C31H22F3N2O.ClH/c32-31(33,34)22-12-10-21(11-13-22)30(26-17-35-28-9-5-4-8-24(26)28)27-18-36-29-15-14-23(16-25(27)29)37-19-20-6-2-1-3-7-20;/h1-18,35-36H,19H2;1H. The third kappa shape index (κ3) is 4.87. The molecule has 0 aliphatic carbocycles. The smallest absolute Gasteiger partial charge is 0.416 e. The normalized spacial score (nSPS) is 11.7. The number of nitrogens with one attached hydrogen (secondary N) is 2. The molecule has 38 heavy (non-hydrogen) atoms. The second-order valence-electron chi connectivity index (χ2n) is 8.88. The van der Waals surface area contributed by atoms with Crippen LogP contribution in [0.15, 0.2) is 109 Å². The number of alkyl halides is 3. The van der Waals surface area contributed by atoms with Crippen LogP contribution in [0.3, 0.4) is 0 Å². The summed E-state index contributed by atoms with van der Waals surface area (Å²) in [7, 11) is 0. The molecule has 0 unspecified atom stereocenters. The molecule has 0 spiro atoms. The van der Waals surface area contributed by atoms with E-state index in [-0.39, 0.29) is 12.4 Å². The molecule has 6 aromatic rings. The summed E-state index contributed by atoms with van der Waals surface area (Å²) in [5, 5.41) is 1.91. The van der Waals surface area contributed by atoms with Crippen LogP contribution in [0.2, 0.25) is 0 Å². The Labute approximate surface area is 223 Å². The molecule has 1 radical (unpaired) electrons. The SMILES string of the molecule is Cl.FC(F)(F)c1ccc([C](c2c[nH]c3ccccc23)c2c[nH]c3ccc(OCc4ccccc4)cc23)cc1. The maximum Gasteiger partial charge on any atom is 0.416 e. The van der Waals surface area contributed by atoms with E-state index < -0.39 is 11.7 Å². The van der Waals surface area contributed by atoms with Gasteiger partial charge in [0.05, 0.1) is 11.5 Å². The van der Waals surface area contributed by atoms with E-state index in [4.69, 9.17) is 4.74 Å². The van der Waals surface area contributed by atoms with E-state index in [9.17, 15) is 13.2 Å². The summed E-state index contributed by atoms with van der Waals surface area (Å²) < 4.78 is 45.9. The molecule has 0 bridgehead atoms. The van der Waals surface area contributed by atoms with Crippen molar-refractivity contribution in [3.63, 3.8) is 0 Å². The van der Waals surface area contributed by atoms with Crippen LogP contribution in [0, 0.1) is 5.92 Å². The molecule has 2 N–H and O–H groups in total. The molecule has 2 aromatic heterocycles. The Morgan fingerprint density at radius 1 is 0.684 bits per heavy atom. The van der Waals surface area contributed by atoms with E-state index in [1.807, 2.05) is 85.2 Å². The second-order valence-corrected chi connectivity index (χ2v) is 8.88. The zero-order chi connectivity index (χ0) is 25.4. The summed E-state index contributed by atoms with van der Waals surface area (Å²) in [4.78, 5) is 6.62. The Morgan fingerprint density at radius 2 is 1.32 bits per heavy atom. The Hall–Kier alpha value is -4.16. The third-order valence-corrected chi connectivity index (χ3v) is 6.53. The van der Waals surface area contributed by atoms with Gasteiger partial charge in [0, 0.05) is 34.2 Å². The Kier molecular flexibility index (Phi) is 6.91. The molecule has 0 aliphatic rings. The predicted octanol–water partition coefficient (Wildman–Crippen LogP) is 8.69. The van der Waals surface area contributed by atoms with Crippen molar-refractivity contribution in [2.45, 2.75) is 12.8 Å². The fraction of sp³-hybridized carbons (Fsp3) is 0.0645. The third-order valence-electron chi connectivity index (χ3n) is 6.53. The quantitative estimate of drug-likeness (QED) is 0.222. The van der Waals surface area contributed by atoms with Crippen molar-refractivity contribution >= 4 is 34.2 Å². The van der Waals surface area contributed by atoms with Gasteiger partial charge in [-0.1, -0.05) is 60.7 Å². The number of para-hydroxylation sites is 1. The molecule has 0 saturated carbocycles. The average molecular weight is 532 g/mol. The van der Waals surface area contributed by atoms with Gasteiger partial charge in [0.15, 0.2) is 0 Å². The minimum absolute atomic E-state index is 0. The van der Waals surface area contributed by atoms with Crippen LogP contribution in [-0.4, -0.2) is 9.97 Å². The van der Waals surface area contributed by atoms with Crippen LogP contribution in [0.5, 0.6) is 5.75 Å². The van der Waals surface area contributed by atoms with Gasteiger partial charge in [0.1, 0.15) is 12.4 Å². The lowest BCUT2D eigenvalue weighted by molar-refractivity contribution is -0.137. The first-order chi connectivity index (χ1) is 18.0. The number of hydrogen-bond donors (Lipinski definition) is 2. The highest BCUT2D eigenvalue weighted by molar-refractivity contribution is 5.93. The minimum Gasteiger partial charge on any atom is -0.489 e. The summed E-state index contributed by atoms with van der Waals surface area (Å²) >= 11 is 0. The number of fused-ring (bicyclic) bond motifs is 2. The molecule has 2 heterocycles. The summed E-state index contributed by atoms with van der Waals surface area (Å²) in [6.45, 7) is 0.435. The molecule has 0 atom stereocenters. The number of benzene rings is 4. The number of aromatic nitrogens is 2. The Morgan fingerprint density at radius 3 is 2.03 bits per heavy atom. The summed E-state index contributed by atoms with van der Waals surface area (Å²) in [5.74, 6) is 1.54. The number of aromatic amines is 2. The van der Waals surface area contributed by atoms with Gasteiger partial charge in [-0.25, -0.2) is 0 Å². The lowest BCUT2D eigenvalue weighted by Crippen LogP contribution is -2.07. The first kappa shape index (κ1) is 25.5. The zero-order valence-corrected chi connectivity index (χ0v) is 20.9. The van der Waals surface area contributed by atoms with Gasteiger partial charge < -0.3 is 14.7 Å². The molecule has 0 aliphatic heterocycles. The first-order valence-electron chi connectivity index (χ1n) is 11.9. The van der Waals surface area contributed by atoms with Crippen molar-refractivity contribution in [1.29, 1.82) is 0 Å². The highest BCUT2D eigenvalue weighted by atomic mass is 35.5. The highest BCUT2D eigenvalue weighted by Gasteiger charge is 2.31. The largest absolute Gasteiger partial charge is 0.489 e. The topological polar surface area (TPSA) is 40.8 Å². The minimum atomic E-state index is -4.40. The number of halogens is 4. The van der Waals surface area contributed by atoms with Crippen molar-refractivity contribution in [3.05, 3.63) is 143 Å². The number of ether oxygens (including phenoxy) is 1. The van der Waals surface area contributed by atoms with Crippen molar-refractivity contribution in [1.82, 2.24) is 9.97 Å². The predicted molar refractivity (Wildman–Crippen MR) is 147 cm³/mol. The van der Waals surface area contributed by atoms with Crippen LogP contribution in [0.1, 0.15) is 27.8 Å². The van der Waals surface area contributed by atoms with E-state index in [1.165, 1.54) is 12.1 Å². The highest BCUT2D eigenvalue weighted by Crippen LogP contribution is 2.40. The van der Waals surface area contributed by atoms with Crippen LogP contribution in [-0.2, 0) is 12.8 Å². The molecular formula is C31H23ClF3N2O. The van der Waals surface area contributed by atoms with Gasteiger partial charge in [-0.2, -0.15) is 13.2 Å². The van der Waals surface area contributed by atoms with E-state index in [0.29, 0.717) is 17.9 Å². The molecule has 191 valence electrons. The fourth-order valence-corrected chi connectivity index (χ4v) is 4.70. The van der Waals surface area contributed by atoms with Crippen molar-refractivity contribution in [2.24, 2.45) is 0 Å². The van der Waals surface area contributed by atoms with Gasteiger partial charge in [-0.05, 0) is 58.7 Å². The molecule has 3 nitrogen and oxygen atoms in total. The van der Waals surface area contributed by atoms with Crippen LogP contribution < -0.4 is 4.74 Å². The molecule has 4 aromatic carbocycles. The molecule has 0 saturated heterocycles. The van der Waals surface area contributed by atoms with Gasteiger partial charge in [-0.3, -0.25) is 0 Å².